The summed E-state index contributed by atoms with van der Waals surface area (Å²) in [7, 11) is 0. The van der Waals surface area contributed by atoms with Gasteiger partial charge >= 0.3 is 0 Å². The molecule has 1 aromatic rings. The van der Waals surface area contributed by atoms with Crippen LogP contribution in [0.4, 0.5) is 4.39 Å². The Morgan fingerprint density at radius 1 is 1.38 bits per heavy atom. The van der Waals surface area contributed by atoms with Crippen molar-refractivity contribution in [2.75, 3.05) is 0 Å². The largest absolute Gasteiger partial charge is 0.207 e. The summed E-state index contributed by atoms with van der Waals surface area (Å²) in [5.41, 5.74) is 1.18. The van der Waals surface area contributed by atoms with Gasteiger partial charge in [-0.3, -0.25) is 0 Å². The van der Waals surface area contributed by atoms with E-state index in [1.54, 1.807) is 12.1 Å². The molecule has 0 nitrogen and oxygen atoms in total. The third-order valence-corrected chi connectivity index (χ3v) is 2.97. The Morgan fingerprint density at radius 3 is 2.69 bits per heavy atom. The Hall–Kier alpha value is -0.850. The van der Waals surface area contributed by atoms with Crippen LogP contribution < -0.4 is 0 Å². The van der Waals surface area contributed by atoms with Crippen LogP contribution in [0.15, 0.2) is 24.3 Å². The maximum atomic E-state index is 12.9. The molecular weight excluding hydrogens is 163 g/mol. The van der Waals surface area contributed by atoms with Crippen LogP contribution in [0.3, 0.4) is 0 Å². The minimum atomic E-state index is -0.105. The van der Waals surface area contributed by atoms with Crippen LogP contribution in [0, 0.1) is 17.7 Å². The second-order valence-electron chi connectivity index (χ2n) is 4.31. The average Bonchev–Trinajstić information content (AvgIpc) is 2.82. The fraction of sp³-hybridized carbons (Fsp3) is 0.500. The smallest absolute Gasteiger partial charge is 0.123 e. The van der Waals surface area contributed by atoms with Crippen LogP contribution in [0.25, 0.3) is 0 Å². The molecule has 0 N–H and O–H groups in total. The van der Waals surface area contributed by atoms with E-state index >= 15 is 0 Å². The van der Waals surface area contributed by atoms with Gasteiger partial charge in [0.2, 0.25) is 0 Å². The van der Waals surface area contributed by atoms with E-state index in [-0.39, 0.29) is 5.82 Å². The summed E-state index contributed by atoms with van der Waals surface area (Å²) in [6.07, 6.45) is 1.24. The van der Waals surface area contributed by atoms with E-state index in [0.29, 0.717) is 5.92 Å². The molecular formula is C12H15F. The molecule has 1 aliphatic carbocycles. The number of hydrogen-bond donors (Lipinski definition) is 0. The Balaban J connectivity index is 2.12. The Labute approximate surface area is 78.8 Å². The highest BCUT2D eigenvalue weighted by Crippen LogP contribution is 2.51. The van der Waals surface area contributed by atoms with E-state index in [1.807, 2.05) is 6.07 Å². The predicted octanol–water partition coefficient (Wildman–Crippen LogP) is 3.59. The van der Waals surface area contributed by atoms with Gasteiger partial charge in [0.05, 0.1) is 0 Å². The summed E-state index contributed by atoms with van der Waals surface area (Å²) >= 11 is 0. The third-order valence-electron chi connectivity index (χ3n) is 2.97. The standard InChI is InChI=1S/C12H15F/c1-8(2)11-7-12(11)9-4-3-5-10(13)6-9/h3-6,8,11-12H,7H2,1-2H3/t11-,12-/m1/s1. The van der Waals surface area contributed by atoms with Crippen LogP contribution in [0.1, 0.15) is 31.7 Å². The van der Waals surface area contributed by atoms with Crippen molar-refractivity contribution in [3.8, 4) is 0 Å². The summed E-state index contributed by atoms with van der Waals surface area (Å²) in [5.74, 6) is 2.03. The first-order valence-electron chi connectivity index (χ1n) is 4.94. The highest BCUT2D eigenvalue weighted by molar-refractivity contribution is 5.26. The van der Waals surface area contributed by atoms with Crippen LogP contribution in [0.5, 0.6) is 0 Å². The van der Waals surface area contributed by atoms with Gasteiger partial charge < -0.3 is 0 Å². The van der Waals surface area contributed by atoms with Crippen LogP contribution in [-0.2, 0) is 0 Å². The molecule has 0 amide bonds. The van der Waals surface area contributed by atoms with E-state index in [0.717, 1.165) is 11.8 Å². The van der Waals surface area contributed by atoms with Gasteiger partial charge in [0.1, 0.15) is 5.82 Å². The molecule has 0 bridgehead atoms. The van der Waals surface area contributed by atoms with Gasteiger partial charge in [-0.25, -0.2) is 4.39 Å². The van der Waals surface area contributed by atoms with Gasteiger partial charge in [-0.2, -0.15) is 0 Å². The molecule has 1 saturated carbocycles. The normalized spacial score (nSPS) is 26.5. The van der Waals surface area contributed by atoms with Gasteiger partial charge in [-0.1, -0.05) is 26.0 Å². The molecule has 0 aromatic heterocycles. The quantitative estimate of drug-likeness (QED) is 0.649. The lowest BCUT2D eigenvalue weighted by molar-refractivity contribution is 0.547. The lowest BCUT2D eigenvalue weighted by atomic mass is 10.0. The van der Waals surface area contributed by atoms with Crippen molar-refractivity contribution in [2.24, 2.45) is 11.8 Å². The Bertz CT molecular complexity index is 304. The van der Waals surface area contributed by atoms with E-state index in [4.69, 9.17) is 0 Å². The molecule has 13 heavy (non-hydrogen) atoms. The maximum Gasteiger partial charge on any atom is 0.123 e. The van der Waals surface area contributed by atoms with E-state index < -0.39 is 0 Å². The van der Waals surface area contributed by atoms with Gasteiger partial charge in [0.15, 0.2) is 0 Å². The predicted molar refractivity (Wildman–Crippen MR) is 52.1 cm³/mol. The summed E-state index contributed by atoms with van der Waals surface area (Å²) in [6.45, 7) is 4.48. The molecule has 1 aliphatic rings. The number of benzene rings is 1. The molecule has 0 saturated heterocycles. The molecule has 1 aromatic carbocycles. The summed E-state index contributed by atoms with van der Waals surface area (Å²) in [6, 6.07) is 7.03. The van der Waals surface area contributed by atoms with Crippen molar-refractivity contribution in [1.29, 1.82) is 0 Å². The SMILES string of the molecule is CC(C)[C@H]1C[C@@H]1c1cccc(F)c1. The van der Waals surface area contributed by atoms with Crippen molar-refractivity contribution >= 4 is 0 Å². The molecule has 70 valence electrons. The molecule has 1 fully saturated rings. The molecule has 1 heteroatoms. The topological polar surface area (TPSA) is 0 Å². The summed E-state index contributed by atoms with van der Waals surface area (Å²) < 4.78 is 12.9. The van der Waals surface area contributed by atoms with Crippen molar-refractivity contribution in [3.05, 3.63) is 35.6 Å². The molecule has 0 radical (unpaired) electrons. The van der Waals surface area contributed by atoms with Gasteiger partial charge in [-0.15, -0.1) is 0 Å². The lowest BCUT2D eigenvalue weighted by Gasteiger charge is -2.03. The fourth-order valence-corrected chi connectivity index (χ4v) is 2.07. The summed E-state index contributed by atoms with van der Waals surface area (Å²) in [4.78, 5) is 0. The lowest BCUT2D eigenvalue weighted by Crippen LogP contribution is -1.92. The fourth-order valence-electron chi connectivity index (χ4n) is 2.07. The zero-order chi connectivity index (χ0) is 9.42. The van der Waals surface area contributed by atoms with E-state index in [1.165, 1.54) is 18.1 Å². The van der Waals surface area contributed by atoms with Gasteiger partial charge in [-0.05, 0) is 41.9 Å². The molecule has 0 spiro atoms. The van der Waals surface area contributed by atoms with E-state index in [2.05, 4.69) is 13.8 Å². The Morgan fingerprint density at radius 2 is 2.15 bits per heavy atom. The van der Waals surface area contributed by atoms with Crippen LogP contribution >= 0.6 is 0 Å². The number of halogens is 1. The number of rotatable bonds is 2. The van der Waals surface area contributed by atoms with Crippen molar-refractivity contribution in [3.63, 3.8) is 0 Å². The minimum absolute atomic E-state index is 0.105. The van der Waals surface area contributed by atoms with Crippen molar-refractivity contribution in [1.82, 2.24) is 0 Å². The van der Waals surface area contributed by atoms with E-state index in [9.17, 15) is 4.39 Å². The first kappa shape index (κ1) is 8.74. The maximum absolute atomic E-state index is 12.9. The van der Waals surface area contributed by atoms with Crippen molar-refractivity contribution in [2.45, 2.75) is 26.2 Å². The molecule has 0 aliphatic heterocycles. The van der Waals surface area contributed by atoms with Gasteiger partial charge in [0.25, 0.3) is 0 Å². The van der Waals surface area contributed by atoms with Gasteiger partial charge in [0, 0.05) is 0 Å². The molecule has 0 unspecified atom stereocenters. The highest BCUT2D eigenvalue weighted by atomic mass is 19.1. The first-order valence-corrected chi connectivity index (χ1v) is 4.94. The second-order valence-corrected chi connectivity index (χ2v) is 4.31. The monoisotopic (exact) mass is 178 g/mol. The third kappa shape index (κ3) is 1.74. The zero-order valence-corrected chi connectivity index (χ0v) is 8.13. The zero-order valence-electron chi connectivity index (χ0n) is 8.13. The molecule has 2 atom stereocenters. The minimum Gasteiger partial charge on any atom is -0.207 e. The van der Waals surface area contributed by atoms with Crippen LogP contribution in [-0.4, -0.2) is 0 Å². The molecule has 0 heterocycles. The summed E-state index contributed by atoms with van der Waals surface area (Å²) in [5, 5.41) is 0. The van der Waals surface area contributed by atoms with Crippen LogP contribution in [0.2, 0.25) is 0 Å². The average molecular weight is 178 g/mol. The van der Waals surface area contributed by atoms with Crippen molar-refractivity contribution < 1.29 is 4.39 Å². The Kier molecular flexibility index (Phi) is 2.10. The highest BCUT2D eigenvalue weighted by Gasteiger charge is 2.40. The second kappa shape index (κ2) is 3.13. The number of hydrogen-bond acceptors (Lipinski definition) is 0. The molecule has 2 rings (SSSR count). The first-order chi connectivity index (χ1) is 6.18.